The number of hydrazine groups is 1. The summed E-state index contributed by atoms with van der Waals surface area (Å²) in [6.07, 6.45) is -0.0145. The largest absolute Gasteiger partial charge is 0.480 e. The number of hydrogen-bond donors (Lipinski definition) is 3. The summed E-state index contributed by atoms with van der Waals surface area (Å²) in [7, 11) is 0. The van der Waals surface area contributed by atoms with Crippen LogP contribution in [0.3, 0.4) is 0 Å². The molecular weight excluding hydrogens is 334 g/mol. The average Bonchev–Trinajstić information content (AvgIpc) is 2.99. The van der Waals surface area contributed by atoms with E-state index in [-0.39, 0.29) is 11.0 Å². The maximum Gasteiger partial charge on any atom is 0.279 e. The van der Waals surface area contributed by atoms with Crippen molar-refractivity contribution in [2.45, 2.75) is 12.5 Å². The van der Waals surface area contributed by atoms with Crippen LogP contribution in [0.4, 0.5) is 5.69 Å². The monoisotopic (exact) mass is 347 g/mol. The van der Waals surface area contributed by atoms with Crippen LogP contribution in [-0.2, 0) is 11.2 Å². The lowest BCUT2D eigenvalue weighted by molar-refractivity contribution is -0.127. The molecule has 1 aliphatic rings. The van der Waals surface area contributed by atoms with Gasteiger partial charge in [0.15, 0.2) is 11.2 Å². The number of anilines is 1. The zero-order valence-electron chi connectivity index (χ0n) is 12.0. The van der Waals surface area contributed by atoms with Crippen molar-refractivity contribution in [1.29, 1.82) is 0 Å². The van der Waals surface area contributed by atoms with E-state index < -0.39 is 6.10 Å². The second-order valence-electron chi connectivity index (χ2n) is 4.99. The van der Waals surface area contributed by atoms with E-state index >= 15 is 0 Å². The Morgan fingerprint density at radius 3 is 2.61 bits per heavy atom. The van der Waals surface area contributed by atoms with Crippen LogP contribution in [0.25, 0.3) is 0 Å². The molecule has 0 bridgehead atoms. The third-order valence-corrected chi connectivity index (χ3v) is 3.80. The van der Waals surface area contributed by atoms with Crippen molar-refractivity contribution in [3.63, 3.8) is 0 Å². The van der Waals surface area contributed by atoms with Crippen LogP contribution >= 0.6 is 23.8 Å². The van der Waals surface area contributed by atoms with Crippen molar-refractivity contribution < 1.29 is 9.53 Å². The Labute approximate surface area is 143 Å². The highest BCUT2D eigenvalue weighted by Gasteiger charge is 2.28. The molecule has 0 radical (unpaired) electrons. The molecule has 0 aliphatic carbocycles. The van der Waals surface area contributed by atoms with E-state index in [1.165, 1.54) is 0 Å². The molecule has 0 fully saturated rings. The molecule has 0 unspecified atom stereocenters. The molecule has 118 valence electrons. The van der Waals surface area contributed by atoms with Gasteiger partial charge in [0.1, 0.15) is 5.75 Å². The van der Waals surface area contributed by atoms with Gasteiger partial charge in [-0.25, -0.2) is 0 Å². The van der Waals surface area contributed by atoms with E-state index in [2.05, 4.69) is 16.2 Å². The predicted octanol–water partition coefficient (Wildman–Crippen LogP) is 2.66. The van der Waals surface area contributed by atoms with Gasteiger partial charge in [-0.05, 0) is 48.1 Å². The molecule has 0 spiro atoms. The van der Waals surface area contributed by atoms with Gasteiger partial charge in [-0.3, -0.25) is 15.6 Å². The number of rotatable bonds is 2. The fourth-order valence-electron chi connectivity index (χ4n) is 2.22. The normalized spacial score (nSPS) is 15.3. The number of ether oxygens (including phenoxy) is 1. The summed E-state index contributed by atoms with van der Waals surface area (Å²) in [6.45, 7) is 0. The Morgan fingerprint density at radius 2 is 1.87 bits per heavy atom. The van der Waals surface area contributed by atoms with Crippen molar-refractivity contribution in [3.05, 3.63) is 59.1 Å². The molecule has 2 aromatic carbocycles. The SMILES string of the molecule is O=C(NNC(=S)Nc1ccc(Cl)cc1)[C@@H]1Cc2ccccc2O1. The van der Waals surface area contributed by atoms with E-state index in [9.17, 15) is 4.79 Å². The zero-order chi connectivity index (χ0) is 16.2. The van der Waals surface area contributed by atoms with Gasteiger partial charge in [0.25, 0.3) is 5.91 Å². The highest BCUT2D eigenvalue weighted by Crippen LogP contribution is 2.27. The summed E-state index contributed by atoms with van der Waals surface area (Å²) in [5.74, 6) is 0.468. The molecule has 23 heavy (non-hydrogen) atoms. The molecule has 1 amide bonds. The fourth-order valence-corrected chi connectivity index (χ4v) is 2.52. The highest BCUT2D eigenvalue weighted by molar-refractivity contribution is 7.80. The molecule has 2 aromatic rings. The van der Waals surface area contributed by atoms with Crippen LogP contribution in [0.15, 0.2) is 48.5 Å². The molecule has 0 saturated heterocycles. The molecule has 1 aliphatic heterocycles. The van der Waals surface area contributed by atoms with Gasteiger partial charge in [0.2, 0.25) is 0 Å². The molecule has 1 atom stereocenters. The average molecular weight is 348 g/mol. The Morgan fingerprint density at radius 1 is 1.13 bits per heavy atom. The van der Waals surface area contributed by atoms with Crippen LogP contribution in [0.2, 0.25) is 5.02 Å². The van der Waals surface area contributed by atoms with Crippen LogP contribution in [0.5, 0.6) is 5.75 Å². The first-order valence-electron chi connectivity index (χ1n) is 6.99. The topological polar surface area (TPSA) is 62.4 Å². The number of hydrogen-bond acceptors (Lipinski definition) is 3. The molecule has 1 heterocycles. The summed E-state index contributed by atoms with van der Waals surface area (Å²) in [5, 5.41) is 3.85. The third kappa shape index (κ3) is 3.91. The summed E-state index contributed by atoms with van der Waals surface area (Å²) < 4.78 is 5.60. The molecule has 0 aromatic heterocycles. The molecule has 0 saturated carbocycles. The van der Waals surface area contributed by atoms with Gasteiger partial charge in [-0.2, -0.15) is 0 Å². The lowest BCUT2D eigenvalue weighted by Gasteiger charge is -2.14. The van der Waals surface area contributed by atoms with Crippen LogP contribution in [-0.4, -0.2) is 17.1 Å². The van der Waals surface area contributed by atoms with E-state index in [4.69, 9.17) is 28.6 Å². The zero-order valence-corrected chi connectivity index (χ0v) is 13.6. The van der Waals surface area contributed by atoms with Crippen molar-refractivity contribution in [1.82, 2.24) is 10.9 Å². The van der Waals surface area contributed by atoms with Crippen molar-refractivity contribution >= 4 is 40.5 Å². The van der Waals surface area contributed by atoms with Gasteiger partial charge in [0.05, 0.1) is 0 Å². The van der Waals surface area contributed by atoms with Crippen molar-refractivity contribution in [2.75, 3.05) is 5.32 Å². The number of benzene rings is 2. The standard InChI is InChI=1S/C16H14ClN3O2S/c17-11-5-7-12(8-6-11)18-16(23)20-19-15(21)14-9-10-3-1-2-4-13(10)22-14/h1-8,14H,9H2,(H,19,21)(H2,18,20,23)/t14-/m0/s1. The van der Waals surface area contributed by atoms with E-state index in [0.29, 0.717) is 11.4 Å². The lowest BCUT2D eigenvalue weighted by Crippen LogP contribution is -2.49. The predicted molar refractivity (Wildman–Crippen MR) is 93.5 cm³/mol. The van der Waals surface area contributed by atoms with Crippen LogP contribution < -0.4 is 20.9 Å². The molecule has 7 heteroatoms. The molecule has 5 nitrogen and oxygen atoms in total. The number of halogens is 1. The Balaban J connectivity index is 1.48. The van der Waals surface area contributed by atoms with Crippen LogP contribution in [0, 0.1) is 0 Å². The molecular formula is C16H14ClN3O2S. The van der Waals surface area contributed by atoms with Gasteiger partial charge in [0, 0.05) is 17.1 Å². The minimum Gasteiger partial charge on any atom is -0.480 e. The quantitative estimate of drug-likeness (QED) is 0.576. The minimum absolute atomic E-state index is 0.274. The summed E-state index contributed by atoms with van der Waals surface area (Å²) >= 11 is 10.9. The van der Waals surface area contributed by atoms with Gasteiger partial charge in [-0.1, -0.05) is 29.8 Å². The number of amides is 1. The maximum atomic E-state index is 12.1. The smallest absolute Gasteiger partial charge is 0.279 e. The first-order chi connectivity index (χ1) is 11.1. The van der Waals surface area contributed by atoms with Gasteiger partial charge < -0.3 is 10.1 Å². The highest BCUT2D eigenvalue weighted by atomic mass is 35.5. The van der Waals surface area contributed by atoms with E-state index in [1.807, 2.05) is 24.3 Å². The summed E-state index contributed by atoms with van der Waals surface area (Å²) in [5.41, 5.74) is 7.00. The molecule has 3 rings (SSSR count). The second-order valence-corrected chi connectivity index (χ2v) is 5.84. The van der Waals surface area contributed by atoms with Gasteiger partial charge in [-0.15, -0.1) is 0 Å². The van der Waals surface area contributed by atoms with Gasteiger partial charge >= 0.3 is 0 Å². The number of thiocarbonyl (C=S) groups is 1. The van der Waals surface area contributed by atoms with Crippen molar-refractivity contribution in [2.24, 2.45) is 0 Å². The Kier molecular flexibility index (Phi) is 4.64. The third-order valence-electron chi connectivity index (χ3n) is 3.34. The Bertz CT molecular complexity index is 711. The lowest BCUT2D eigenvalue weighted by atomic mass is 10.1. The number of carbonyl (C=O) groups excluding carboxylic acids is 1. The van der Waals surface area contributed by atoms with Crippen molar-refractivity contribution in [3.8, 4) is 5.75 Å². The minimum atomic E-state index is -0.557. The van der Waals surface area contributed by atoms with E-state index in [1.54, 1.807) is 24.3 Å². The summed E-state index contributed by atoms with van der Waals surface area (Å²) in [4.78, 5) is 12.1. The maximum absolute atomic E-state index is 12.1. The van der Waals surface area contributed by atoms with Crippen LogP contribution in [0.1, 0.15) is 5.56 Å². The number of fused-ring (bicyclic) bond motifs is 1. The molecule has 3 N–H and O–H groups in total. The fraction of sp³-hybridized carbons (Fsp3) is 0.125. The second kappa shape index (κ2) is 6.85. The van der Waals surface area contributed by atoms with E-state index in [0.717, 1.165) is 17.0 Å². The number of carbonyl (C=O) groups is 1. The Hall–Kier alpha value is -2.31. The first-order valence-corrected chi connectivity index (χ1v) is 7.77. The number of nitrogens with one attached hydrogen (secondary N) is 3. The summed E-state index contributed by atoms with van der Waals surface area (Å²) in [6, 6.07) is 14.7. The number of para-hydroxylation sites is 1. The first kappa shape index (κ1) is 15.6.